The molecule has 0 saturated heterocycles. The number of pyridine rings is 1. The van der Waals surface area contributed by atoms with Gasteiger partial charge in [0.1, 0.15) is 0 Å². The van der Waals surface area contributed by atoms with Crippen LogP contribution in [0.3, 0.4) is 0 Å². The van der Waals surface area contributed by atoms with Gasteiger partial charge in [0.15, 0.2) is 11.5 Å². The second-order valence-corrected chi connectivity index (χ2v) is 5.24. The van der Waals surface area contributed by atoms with E-state index in [1.807, 2.05) is 25.3 Å². The minimum absolute atomic E-state index is 0.0201. The van der Waals surface area contributed by atoms with E-state index in [2.05, 4.69) is 30.9 Å². The molecule has 4 nitrogen and oxygen atoms in total. The van der Waals surface area contributed by atoms with Crippen LogP contribution in [-0.4, -0.2) is 14.6 Å². The Labute approximate surface area is 95.5 Å². The molecule has 0 spiro atoms. The van der Waals surface area contributed by atoms with Crippen molar-refractivity contribution in [2.45, 2.75) is 39.2 Å². The Bertz CT molecular complexity index is 505. The normalized spacial score (nSPS) is 14.3. The zero-order chi connectivity index (χ0) is 11.9. The molecule has 2 heterocycles. The van der Waals surface area contributed by atoms with Crippen LogP contribution >= 0.6 is 0 Å². The highest BCUT2D eigenvalue weighted by molar-refractivity contribution is 5.39. The van der Waals surface area contributed by atoms with E-state index >= 15 is 0 Å². The SMILES string of the molecule is CC(N)c1ccc2nc(C(C)(C)C)nn2c1. The Balaban J connectivity index is 2.54. The van der Waals surface area contributed by atoms with Crippen LogP contribution in [0.2, 0.25) is 0 Å². The van der Waals surface area contributed by atoms with Gasteiger partial charge >= 0.3 is 0 Å². The number of aromatic nitrogens is 3. The summed E-state index contributed by atoms with van der Waals surface area (Å²) in [7, 11) is 0. The topological polar surface area (TPSA) is 56.2 Å². The molecule has 1 unspecified atom stereocenters. The van der Waals surface area contributed by atoms with Crippen molar-refractivity contribution in [2.24, 2.45) is 5.73 Å². The Kier molecular flexibility index (Phi) is 2.46. The molecule has 0 amide bonds. The lowest BCUT2D eigenvalue weighted by Crippen LogP contribution is -2.13. The van der Waals surface area contributed by atoms with Gasteiger partial charge in [-0.1, -0.05) is 26.8 Å². The van der Waals surface area contributed by atoms with E-state index in [4.69, 9.17) is 5.73 Å². The van der Waals surface area contributed by atoms with E-state index in [0.717, 1.165) is 17.0 Å². The molecule has 2 rings (SSSR count). The maximum absolute atomic E-state index is 5.84. The zero-order valence-corrected chi connectivity index (χ0v) is 10.2. The van der Waals surface area contributed by atoms with Crippen molar-refractivity contribution < 1.29 is 0 Å². The summed E-state index contributed by atoms with van der Waals surface area (Å²) in [6.07, 6.45) is 1.95. The molecule has 0 aromatic carbocycles. The van der Waals surface area contributed by atoms with Gasteiger partial charge < -0.3 is 5.73 Å². The molecule has 2 N–H and O–H groups in total. The van der Waals surface area contributed by atoms with Gasteiger partial charge in [-0.05, 0) is 18.6 Å². The molecular weight excluding hydrogens is 200 g/mol. The van der Waals surface area contributed by atoms with Gasteiger partial charge in [0.25, 0.3) is 0 Å². The van der Waals surface area contributed by atoms with E-state index in [1.165, 1.54) is 0 Å². The third-order valence-corrected chi connectivity index (χ3v) is 2.55. The lowest BCUT2D eigenvalue weighted by molar-refractivity contribution is 0.545. The summed E-state index contributed by atoms with van der Waals surface area (Å²) in [5.41, 5.74) is 7.75. The molecule has 0 aliphatic carbocycles. The first kappa shape index (κ1) is 11.1. The molecular formula is C12H18N4. The summed E-state index contributed by atoms with van der Waals surface area (Å²) in [5, 5.41) is 4.48. The lowest BCUT2D eigenvalue weighted by Gasteiger charge is -2.11. The van der Waals surface area contributed by atoms with Crippen LogP contribution in [0, 0.1) is 0 Å². The summed E-state index contributed by atoms with van der Waals surface area (Å²) >= 11 is 0. The third kappa shape index (κ3) is 1.93. The minimum atomic E-state index is -0.0273. The van der Waals surface area contributed by atoms with Crippen LogP contribution in [0.4, 0.5) is 0 Å². The Morgan fingerprint density at radius 3 is 2.56 bits per heavy atom. The number of hydrogen-bond donors (Lipinski definition) is 1. The Hall–Kier alpha value is -1.42. The monoisotopic (exact) mass is 218 g/mol. The highest BCUT2D eigenvalue weighted by Crippen LogP contribution is 2.19. The smallest absolute Gasteiger partial charge is 0.157 e. The second kappa shape index (κ2) is 3.56. The number of nitrogens with zero attached hydrogens (tertiary/aromatic N) is 3. The fourth-order valence-electron chi connectivity index (χ4n) is 1.49. The molecule has 2 aromatic heterocycles. The van der Waals surface area contributed by atoms with E-state index in [0.29, 0.717) is 0 Å². The first-order chi connectivity index (χ1) is 7.38. The molecule has 0 bridgehead atoms. The minimum Gasteiger partial charge on any atom is -0.324 e. The van der Waals surface area contributed by atoms with E-state index in [1.54, 1.807) is 4.52 Å². The molecule has 1 atom stereocenters. The first-order valence-corrected chi connectivity index (χ1v) is 5.50. The number of rotatable bonds is 1. The summed E-state index contributed by atoms with van der Waals surface area (Å²) in [6.45, 7) is 8.28. The Morgan fingerprint density at radius 1 is 1.31 bits per heavy atom. The van der Waals surface area contributed by atoms with Gasteiger partial charge in [-0.15, -0.1) is 0 Å². The molecule has 0 aliphatic rings. The molecule has 0 fully saturated rings. The molecule has 0 radical (unpaired) electrons. The largest absolute Gasteiger partial charge is 0.324 e. The summed E-state index contributed by atoms with van der Waals surface area (Å²) < 4.78 is 1.80. The fraction of sp³-hybridized carbons (Fsp3) is 0.500. The van der Waals surface area contributed by atoms with Crippen LogP contribution in [0.5, 0.6) is 0 Å². The first-order valence-electron chi connectivity index (χ1n) is 5.50. The lowest BCUT2D eigenvalue weighted by atomic mass is 9.96. The molecule has 86 valence electrons. The molecule has 2 aromatic rings. The van der Waals surface area contributed by atoms with E-state index in [9.17, 15) is 0 Å². The van der Waals surface area contributed by atoms with Gasteiger partial charge in [0, 0.05) is 17.7 Å². The van der Waals surface area contributed by atoms with Crippen molar-refractivity contribution in [3.05, 3.63) is 29.7 Å². The summed E-state index contributed by atoms with van der Waals surface area (Å²) in [4.78, 5) is 4.50. The maximum atomic E-state index is 5.84. The predicted molar refractivity (Wildman–Crippen MR) is 64.3 cm³/mol. The van der Waals surface area contributed by atoms with Crippen molar-refractivity contribution in [1.29, 1.82) is 0 Å². The van der Waals surface area contributed by atoms with Gasteiger partial charge in [-0.3, -0.25) is 0 Å². The molecule has 0 aliphatic heterocycles. The average Bonchev–Trinajstić information content (AvgIpc) is 2.58. The highest BCUT2D eigenvalue weighted by Gasteiger charge is 2.19. The summed E-state index contributed by atoms with van der Waals surface area (Å²) in [6, 6.07) is 3.98. The fourth-order valence-corrected chi connectivity index (χ4v) is 1.49. The maximum Gasteiger partial charge on any atom is 0.157 e. The third-order valence-electron chi connectivity index (χ3n) is 2.55. The van der Waals surface area contributed by atoms with E-state index < -0.39 is 0 Å². The number of fused-ring (bicyclic) bond motifs is 1. The van der Waals surface area contributed by atoms with Crippen molar-refractivity contribution in [3.8, 4) is 0 Å². The summed E-state index contributed by atoms with van der Waals surface area (Å²) in [5.74, 6) is 0.856. The van der Waals surface area contributed by atoms with E-state index in [-0.39, 0.29) is 11.5 Å². The quantitative estimate of drug-likeness (QED) is 0.797. The van der Waals surface area contributed by atoms with Crippen molar-refractivity contribution >= 4 is 5.65 Å². The van der Waals surface area contributed by atoms with Gasteiger partial charge in [0.2, 0.25) is 0 Å². The zero-order valence-electron chi connectivity index (χ0n) is 10.2. The van der Waals surface area contributed by atoms with Crippen molar-refractivity contribution in [3.63, 3.8) is 0 Å². The van der Waals surface area contributed by atoms with Crippen molar-refractivity contribution in [1.82, 2.24) is 14.6 Å². The van der Waals surface area contributed by atoms with Crippen molar-refractivity contribution in [2.75, 3.05) is 0 Å². The van der Waals surface area contributed by atoms with Gasteiger partial charge in [0.05, 0.1) is 0 Å². The standard InChI is InChI=1S/C12H18N4/c1-8(13)9-5-6-10-14-11(12(2,3)4)15-16(10)7-9/h5-8H,13H2,1-4H3. The van der Waals surface area contributed by atoms with Gasteiger partial charge in [-0.25, -0.2) is 9.50 Å². The average molecular weight is 218 g/mol. The Morgan fingerprint density at radius 2 is 2.00 bits per heavy atom. The number of hydrogen-bond acceptors (Lipinski definition) is 3. The molecule has 4 heteroatoms. The number of nitrogens with two attached hydrogens (primary N) is 1. The molecule has 0 saturated carbocycles. The predicted octanol–water partition coefficient (Wildman–Crippen LogP) is 2.05. The van der Waals surface area contributed by atoms with Crippen LogP contribution in [0.1, 0.15) is 45.1 Å². The van der Waals surface area contributed by atoms with Crippen LogP contribution in [0.25, 0.3) is 5.65 Å². The highest BCUT2D eigenvalue weighted by atomic mass is 15.3. The van der Waals surface area contributed by atoms with Crippen LogP contribution in [0.15, 0.2) is 18.3 Å². The van der Waals surface area contributed by atoms with Crippen LogP contribution < -0.4 is 5.73 Å². The second-order valence-electron chi connectivity index (χ2n) is 5.24. The molecule has 16 heavy (non-hydrogen) atoms. The van der Waals surface area contributed by atoms with Gasteiger partial charge in [-0.2, -0.15) is 5.10 Å². The van der Waals surface area contributed by atoms with Crippen LogP contribution in [-0.2, 0) is 5.41 Å².